The molecule has 0 bridgehead atoms. The van der Waals surface area contributed by atoms with Gasteiger partial charge in [-0.1, -0.05) is 54.2 Å². The van der Waals surface area contributed by atoms with Crippen molar-refractivity contribution in [3.63, 3.8) is 0 Å². The molecule has 0 saturated heterocycles. The summed E-state index contributed by atoms with van der Waals surface area (Å²) < 4.78 is 2.04. The summed E-state index contributed by atoms with van der Waals surface area (Å²) in [5, 5.41) is 12.5. The Kier molecular flexibility index (Phi) is 6.27. The molecule has 0 saturated carbocycles. The van der Waals surface area contributed by atoms with E-state index in [2.05, 4.69) is 46.7 Å². The highest BCUT2D eigenvalue weighted by atomic mass is 32.2. The number of benzene rings is 3. The summed E-state index contributed by atoms with van der Waals surface area (Å²) in [6.45, 7) is 2.06. The minimum atomic E-state index is 0.0175. The highest BCUT2D eigenvalue weighted by Crippen LogP contribution is 2.27. The number of aromatic nitrogens is 3. The lowest BCUT2D eigenvalue weighted by molar-refractivity contribution is -0.116. The summed E-state index contributed by atoms with van der Waals surface area (Å²) in [5.74, 6) is 1.12. The molecule has 0 atom stereocenters. The number of Topliss-reactive ketones (excluding diaryl/α,β-unsaturated/α-hetero) is 1. The van der Waals surface area contributed by atoms with Gasteiger partial charge >= 0.3 is 0 Å². The van der Waals surface area contributed by atoms with Gasteiger partial charge in [0.25, 0.3) is 0 Å². The van der Waals surface area contributed by atoms with Crippen LogP contribution in [0, 0.1) is 6.92 Å². The number of fused-ring (bicyclic) bond motifs is 1. The summed E-state index contributed by atoms with van der Waals surface area (Å²) in [6, 6.07) is 23.9. The lowest BCUT2D eigenvalue weighted by atomic mass is 9.99. The SMILES string of the molecule is Cc1cccc(-n2c(Cc3ccccc3)nnc2SCC(=O)c2ccc3c(c2)CCC(=O)N3)c1. The van der Waals surface area contributed by atoms with Gasteiger partial charge in [-0.15, -0.1) is 10.2 Å². The summed E-state index contributed by atoms with van der Waals surface area (Å²) >= 11 is 1.39. The van der Waals surface area contributed by atoms with Gasteiger partial charge in [-0.2, -0.15) is 0 Å². The van der Waals surface area contributed by atoms with Crippen LogP contribution in [-0.4, -0.2) is 32.2 Å². The largest absolute Gasteiger partial charge is 0.326 e. The molecule has 7 heteroatoms. The van der Waals surface area contributed by atoms with Crippen LogP contribution in [0.2, 0.25) is 0 Å². The molecule has 2 heterocycles. The predicted molar refractivity (Wildman–Crippen MR) is 134 cm³/mol. The highest BCUT2D eigenvalue weighted by Gasteiger charge is 2.19. The van der Waals surface area contributed by atoms with Crippen LogP contribution in [0.1, 0.15) is 39.3 Å². The minimum absolute atomic E-state index is 0.0175. The molecule has 1 amide bonds. The Hall–Kier alpha value is -3.71. The van der Waals surface area contributed by atoms with E-state index in [-0.39, 0.29) is 17.4 Å². The van der Waals surface area contributed by atoms with E-state index < -0.39 is 0 Å². The standard InChI is InChI=1S/C27H24N4O2S/c1-18-6-5-9-22(14-18)31-25(15-19-7-3-2-4-8-19)29-30-27(31)34-17-24(32)21-10-12-23-20(16-21)11-13-26(33)28-23/h2-10,12,14,16H,11,13,15,17H2,1H3,(H,28,33). The third-order valence-corrected chi connectivity index (χ3v) is 6.75. The van der Waals surface area contributed by atoms with Crippen molar-refractivity contribution in [2.45, 2.75) is 31.3 Å². The molecular weight excluding hydrogens is 444 g/mol. The number of nitrogens with zero attached hydrogens (tertiary/aromatic N) is 3. The first-order valence-electron chi connectivity index (χ1n) is 11.2. The molecule has 0 fully saturated rings. The van der Waals surface area contributed by atoms with E-state index in [1.54, 1.807) is 6.07 Å². The maximum absolute atomic E-state index is 13.0. The van der Waals surface area contributed by atoms with Crippen LogP contribution < -0.4 is 5.32 Å². The van der Waals surface area contributed by atoms with Gasteiger partial charge in [-0.05, 0) is 60.4 Å². The van der Waals surface area contributed by atoms with Gasteiger partial charge < -0.3 is 5.32 Å². The molecule has 0 radical (unpaired) electrons. The van der Waals surface area contributed by atoms with E-state index in [9.17, 15) is 9.59 Å². The molecule has 0 spiro atoms. The molecule has 0 aliphatic carbocycles. The molecule has 34 heavy (non-hydrogen) atoms. The van der Waals surface area contributed by atoms with Gasteiger partial charge in [-0.25, -0.2) is 0 Å². The van der Waals surface area contributed by atoms with Gasteiger partial charge in [-0.3, -0.25) is 14.2 Å². The summed E-state index contributed by atoms with van der Waals surface area (Å²) in [7, 11) is 0. The number of amides is 1. The number of carbonyl (C=O) groups excluding carboxylic acids is 2. The summed E-state index contributed by atoms with van der Waals surface area (Å²) in [4.78, 5) is 24.6. The third kappa shape index (κ3) is 4.79. The van der Waals surface area contributed by atoms with E-state index >= 15 is 0 Å². The zero-order valence-electron chi connectivity index (χ0n) is 18.8. The van der Waals surface area contributed by atoms with Crippen LogP contribution in [0.4, 0.5) is 5.69 Å². The van der Waals surface area contributed by atoms with E-state index in [0.29, 0.717) is 30.0 Å². The van der Waals surface area contributed by atoms with E-state index in [4.69, 9.17) is 0 Å². The van der Waals surface area contributed by atoms with Crippen LogP contribution >= 0.6 is 11.8 Å². The van der Waals surface area contributed by atoms with Crippen molar-refractivity contribution < 1.29 is 9.59 Å². The van der Waals surface area contributed by atoms with Gasteiger partial charge in [0, 0.05) is 29.8 Å². The molecule has 1 aromatic heterocycles. The number of anilines is 1. The number of hydrogen-bond acceptors (Lipinski definition) is 5. The van der Waals surface area contributed by atoms with Crippen LogP contribution in [-0.2, 0) is 17.6 Å². The van der Waals surface area contributed by atoms with Gasteiger partial charge in [0.2, 0.25) is 5.91 Å². The molecule has 170 valence electrons. The number of hydrogen-bond donors (Lipinski definition) is 1. The molecule has 3 aromatic carbocycles. The van der Waals surface area contributed by atoms with Crippen molar-refractivity contribution in [3.05, 3.63) is 101 Å². The van der Waals surface area contributed by atoms with E-state index in [0.717, 1.165) is 33.9 Å². The Morgan fingerprint density at radius 3 is 2.68 bits per heavy atom. The van der Waals surface area contributed by atoms with Gasteiger partial charge in [0.05, 0.1) is 5.75 Å². The van der Waals surface area contributed by atoms with Gasteiger partial charge in [0.1, 0.15) is 5.82 Å². The number of carbonyl (C=O) groups is 2. The van der Waals surface area contributed by atoms with Crippen LogP contribution in [0.5, 0.6) is 0 Å². The zero-order valence-corrected chi connectivity index (χ0v) is 19.6. The fourth-order valence-corrected chi connectivity index (χ4v) is 4.95. The fourth-order valence-electron chi connectivity index (χ4n) is 4.08. The molecule has 4 aromatic rings. The molecule has 6 nitrogen and oxygen atoms in total. The van der Waals surface area contributed by atoms with Crippen molar-refractivity contribution in [3.8, 4) is 5.69 Å². The van der Waals surface area contributed by atoms with Crippen molar-refractivity contribution >= 4 is 29.1 Å². The second-order valence-corrected chi connectivity index (χ2v) is 9.31. The average molecular weight is 469 g/mol. The predicted octanol–water partition coefficient (Wildman–Crippen LogP) is 5.03. The third-order valence-electron chi connectivity index (χ3n) is 5.82. The Morgan fingerprint density at radius 1 is 1.00 bits per heavy atom. The normalized spacial score (nSPS) is 12.8. The topological polar surface area (TPSA) is 76.9 Å². The molecule has 0 unspecified atom stereocenters. The van der Waals surface area contributed by atoms with E-state index in [1.165, 1.54) is 11.8 Å². The first kappa shape index (κ1) is 22.1. The Bertz CT molecular complexity index is 1360. The van der Waals surface area contributed by atoms with E-state index in [1.807, 2.05) is 47.0 Å². The highest BCUT2D eigenvalue weighted by molar-refractivity contribution is 7.99. The Balaban J connectivity index is 1.39. The first-order valence-corrected chi connectivity index (χ1v) is 12.2. The quantitative estimate of drug-likeness (QED) is 0.304. The van der Waals surface area contributed by atoms with Crippen molar-refractivity contribution in [1.82, 2.24) is 14.8 Å². The number of rotatable bonds is 7. The molecule has 5 rings (SSSR count). The number of ketones is 1. The summed E-state index contributed by atoms with van der Waals surface area (Å²) in [5.41, 5.74) is 5.72. The van der Waals surface area contributed by atoms with Crippen molar-refractivity contribution in [2.75, 3.05) is 11.1 Å². The second-order valence-electron chi connectivity index (χ2n) is 8.37. The first-order chi connectivity index (χ1) is 16.6. The monoisotopic (exact) mass is 468 g/mol. The molecule has 1 aliphatic heterocycles. The second kappa shape index (κ2) is 9.65. The smallest absolute Gasteiger partial charge is 0.224 e. The Morgan fingerprint density at radius 2 is 1.85 bits per heavy atom. The maximum Gasteiger partial charge on any atom is 0.224 e. The van der Waals surface area contributed by atoms with Crippen molar-refractivity contribution in [2.24, 2.45) is 0 Å². The van der Waals surface area contributed by atoms with Crippen LogP contribution in [0.3, 0.4) is 0 Å². The minimum Gasteiger partial charge on any atom is -0.326 e. The number of thioether (sulfide) groups is 1. The number of aryl methyl sites for hydroxylation is 2. The molecular formula is C27H24N4O2S. The fraction of sp³-hybridized carbons (Fsp3) is 0.185. The lowest BCUT2D eigenvalue weighted by Crippen LogP contribution is -2.19. The number of nitrogens with one attached hydrogen (secondary N) is 1. The Labute approximate surface area is 202 Å². The summed E-state index contributed by atoms with van der Waals surface area (Å²) in [6.07, 6.45) is 1.75. The maximum atomic E-state index is 13.0. The zero-order chi connectivity index (χ0) is 23.5. The lowest BCUT2D eigenvalue weighted by Gasteiger charge is -2.17. The molecule has 1 N–H and O–H groups in total. The molecule has 1 aliphatic rings. The average Bonchev–Trinajstić information content (AvgIpc) is 3.25. The van der Waals surface area contributed by atoms with Gasteiger partial charge in [0.15, 0.2) is 10.9 Å². The van der Waals surface area contributed by atoms with Crippen LogP contribution in [0.15, 0.2) is 78.0 Å². The van der Waals surface area contributed by atoms with Crippen LogP contribution in [0.25, 0.3) is 5.69 Å². The van der Waals surface area contributed by atoms with Crippen molar-refractivity contribution in [1.29, 1.82) is 0 Å².